The minimum absolute atomic E-state index is 0.0658. The van der Waals surface area contributed by atoms with Crippen LogP contribution in [0.2, 0.25) is 0 Å². The van der Waals surface area contributed by atoms with E-state index in [0.29, 0.717) is 5.69 Å². The number of nitrogens with zero attached hydrogens (tertiary/aromatic N) is 2. The highest BCUT2D eigenvalue weighted by molar-refractivity contribution is 5.97. The third-order valence-corrected chi connectivity index (χ3v) is 2.21. The van der Waals surface area contributed by atoms with E-state index < -0.39 is 22.8 Å². The smallest absolute Gasteiger partial charge is 0.323 e. The summed E-state index contributed by atoms with van der Waals surface area (Å²) in [5, 5.41) is 10.4. The molecule has 7 nitrogen and oxygen atoms in total. The van der Waals surface area contributed by atoms with Gasteiger partial charge in [-0.15, -0.1) is 0 Å². The van der Waals surface area contributed by atoms with Gasteiger partial charge in [-0.05, 0) is 6.07 Å². The van der Waals surface area contributed by atoms with E-state index in [2.05, 4.69) is 9.72 Å². The van der Waals surface area contributed by atoms with E-state index in [1.165, 1.54) is 12.1 Å². The van der Waals surface area contributed by atoms with Crippen molar-refractivity contribution in [3.8, 4) is 0 Å². The topological polar surface area (TPSA) is 99.4 Å². The summed E-state index contributed by atoms with van der Waals surface area (Å²) >= 11 is 0. The minimum atomic E-state index is -0.742. The van der Waals surface area contributed by atoms with Gasteiger partial charge in [-0.2, -0.15) is 0 Å². The van der Waals surface area contributed by atoms with E-state index >= 15 is 0 Å². The van der Waals surface area contributed by atoms with Gasteiger partial charge in [0.25, 0.3) is 5.69 Å². The molecule has 1 unspecified atom stereocenters. The Labute approximate surface area is 89.2 Å². The Bertz CT molecular complexity index is 467. The summed E-state index contributed by atoms with van der Waals surface area (Å²) in [6, 6.07) is 2.58. The van der Waals surface area contributed by atoms with Gasteiger partial charge in [-0.1, -0.05) is 0 Å². The lowest BCUT2D eigenvalue weighted by molar-refractivity contribution is -0.385. The molecule has 2 heterocycles. The van der Waals surface area contributed by atoms with Gasteiger partial charge >= 0.3 is 11.9 Å². The molecule has 1 aromatic rings. The number of aromatic nitrogens is 1. The van der Waals surface area contributed by atoms with Crippen LogP contribution in [0.5, 0.6) is 0 Å². The van der Waals surface area contributed by atoms with Crippen LogP contribution in [0.15, 0.2) is 18.3 Å². The van der Waals surface area contributed by atoms with E-state index in [-0.39, 0.29) is 12.1 Å². The summed E-state index contributed by atoms with van der Waals surface area (Å²) in [4.78, 5) is 35.6. The predicted molar refractivity (Wildman–Crippen MR) is 49.3 cm³/mol. The molecule has 0 amide bonds. The molecule has 1 aliphatic rings. The standard InChI is InChI=1S/C9H6N2O5/c12-8-3-6(9(13)16-8)7-2-1-5(4-10-7)11(14)15/h1-2,4,6H,3H2. The van der Waals surface area contributed by atoms with E-state index in [1.54, 1.807) is 0 Å². The number of rotatable bonds is 2. The number of hydrogen-bond acceptors (Lipinski definition) is 6. The van der Waals surface area contributed by atoms with Crippen LogP contribution >= 0.6 is 0 Å². The third-order valence-electron chi connectivity index (χ3n) is 2.21. The predicted octanol–water partition coefficient (Wildman–Crippen LogP) is 0.547. The van der Waals surface area contributed by atoms with Crippen LogP contribution in [-0.4, -0.2) is 21.8 Å². The second-order valence-corrected chi connectivity index (χ2v) is 3.25. The molecule has 2 rings (SSSR count). The van der Waals surface area contributed by atoms with Gasteiger partial charge in [-0.25, -0.2) is 0 Å². The van der Waals surface area contributed by atoms with Crippen molar-refractivity contribution in [2.75, 3.05) is 0 Å². The first-order chi connectivity index (χ1) is 7.58. The van der Waals surface area contributed by atoms with Gasteiger partial charge in [0, 0.05) is 6.07 Å². The highest BCUT2D eigenvalue weighted by Crippen LogP contribution is 2.26. The molecule has 0 spiro atoms. The zero-order chi connectivity index (χ0) is 11.7. The van der Waals surface area contributed by atoms with E-state index in [0.717, 1.165) is 6.20 Å². The largest absolute Gasteiger partial charge is 0.393 e. The van der Waals surface area contributed by atoms with E-state index in [4.69, 9.17) is 0 Å². The summed E-state index contributed by atoms with van der Waals surface area (Å²) in [6.07, 6.45) is 0.981. The zero-order valence-corrected chi connectivity index (χ0v) is 7.95. The first kappa shape index (κ1) is 10.2. The average molecular weight is 222 g/mol. The summed E-state index contributed by atoms with van der Waals surface area (Å²) in [5.41, 5.74) is 0.142. The Morgan fingerprint density at radius 2 is 2.19 bits per heavy atom. The molecule has 0 aromatic carbocycles. The number of carbonyl (C=O) groups is 2. The van der Waals surface area contributed by atoms with Crippen molar-refractivity contribution >= 4 is 17.6 Å². The maximum absolute atomic E-state index is 11.2. The SMILES string of the molecule is O=C1CC(c2ccc([N+](=O)[O-])cn2)C(=O)O1. The van der Waals surface area contributed by atoms with Crippen LogP contribution in [0, 0.1) is 10.1 Å². The number of carbonyl (C=O) groups excluding carboxylic acids is 2. The quantitative estimate of drug-likeness (QED) is 0.313. The van der Waals surface area contributed by atoms with Gasteiger partial charge in [0.15, 0.2) is 0 Å². The number of esters is 2. The lowest BCUT2D eigenvalue weighted by Gasteiger charge is -2.02. The zero-order valence-electron chi connectivity index (χ0n) is 7.95. The van der Waals surface area contributed by atoms with Gasteiger partial charge < -0.3 is 4.74 Å². The van der Waals surface area contributed by atoms with Crippen LogP contribution in [0.1, 0.15) is 18.0 Å². The molecule has 1 aromatic heterocycles. The van der Waals surface area contributed by atoms with Crippen molar-refractivity contribution in [3.05, 3.63) is 34.1 Å². The van der Waals surface area contributed by atoms with Gasteiger partial charge in [0.05, 0.1) is 17.0 Å². The van der Waals surface area contributed by atoms with Crippen molar-refractivity contribution < 1.29 is 19.2 Å². The lowest BCUT2D eigenvalue weighted by atomic mass is 10.0. The molecule has 82 valence electrons. The maximum Gasteiger partial charge on any atom is 0.323 e. The first-order valence-electron chi connectivity index (χ1n) is 4.43. The highest BCUT2D eigenvalue weighted by Gasteiger charge is 2.35. The molecule has 0 aliphatic carbocycles. The maximum atomic E-state index is 11.2. The van der Waals surface area contributed by atoms with Gasteiger partial charge in [0.1, 0.15) is 12.1 Å². The van der Waals surface area contributed by atoms with Crippen LogP contribution in [0.3, 0.4) is 0 Å². The van der Waals surface area contributed by atoms with E-state index in [1.807, 2.05) is 0 Å². The first-order valence-corrected chi connectivity index (χ1v) is 4.43. The fourth-order valence-corrected chi connectivity index (χ4v) is 1.41. The van der Waals surface area contributed by atoms with Crippen LogP contribution < -0.4 is 0 Å². The molecular weight excluding hydrogens is 216 g/mol. The summed E-state index contributed by atoms with van der Waals surface area (Å²) < 4.78 is 4.35. The molecule has 1 saturated heterocycles. The fraction of sp³-hybridized carbons (Fsp3) is 0.222. The van der Waals surface area contributed by atoms with Gasteiger partial charge in [-0.3, -0.25) is 24.7 Å². The Kier molecular flexibility index (Phi) is 2.35. The van der Waals surface area contributed by atoms with Crippen LogP contribution in [0.4, 0.5) is 5.69 Å². The monoisotopic (exact) mass is 222 g/mol. The lowest BCUT2D eigenvalue weighted by Crippen LogP contribution is -2.07. The Morgan fingerprint density at radius 1 is 1.44 bits per heavy atom. The van der Waals surface area contributed by atoms with Crippen LogP contribution in [-0.2, 0) is 14.3 Å². The molecule has 7 heteroatoms. The third kappa shape index (κ3) is 1.74. The number of hydrogen-bond donors (Lipinski definition) is 0. The molecule has 16 heavy (non-hydrogen) atoms. The molecule has 1 atom stereocenters. The van der Waals surface area contributed by atoms with Crippen LogP contribution in [0.25, 0.3) is 0 Å². The average Bonchev–Trinajstić information content (AvgIpc) is 2.58. The normalized spacial score (nSPS) is 19.6. The number of pyridine rings is 1. The summed E-state index contributed by atoms with van der Waals surface area (Å²) in [5.74, 6) is -2.00. The Morgan fingerprint density at radius 3 is 2.62 bits per heavy atom. The number of nitro groups is 1. The highest BCUT2D eigenvalue weighted by atomic mass is 16.6. The molecule has 0 saturated carbocycles. The van der Waals surface area contributed by atoms with Crippen molar-refractivity contribution in [2.45, 2.75) is 12.3 Å². The number of cyclic esters (lactones) is 2. The molecule has 1 aliphatic heterocycles. The Balaban J connectivity index is 2.25. The number of ether oxygens (including phenoxy) is 1. The van der Waals surface area contributed by atoms with Crippen molar-refractivity contribution in [1.82, 2.24) is 4.98 Å². The molecule has 0 radical (unpaired) electrons. The second-order valence-electron chi connectivity index (χ2n) is 3.25. The summed E-state index contributed by atoms with van der Waals surface area (Å²) in [7, 11) is 0. The Hall–Kier alpha value is -2.31. The van der Waals surface area contributed by atoms with Crippen molar-refractivity contribution in [2.24, 2.45) is 0 Å². The molecule has 1 fully saturated rings. The fourth-order valence-electron chi connectivity index (χ4n) is 1.41. The van der Waals surface area contributed by atoms with Gasteiger partial charge in [0.2, 0.25) is 0 Å². The summed E-state index contributed by atoms with van der Waals surface area (Å²) in [6.45, 7) is 0. The molecule has 0 N–H and O–H groups in total. The van der Waals surface area contributed by atoms with E-state index in [9.17, 15) is 19.7 Å². The molecular formula is C9H6N2O5. The minimum Gasteiger partial charge on any atom is -0.393 e. The second kappa shape index (κ2) is 3.69. The van der Waals surface area contributed by atoms with Crippen molar-refractivity contribution in [1.29, 1.82) is 0 Å². The van der Waals surface area contributed by atoms with Crippen molar-refractivity contribution in [3.63, 3.8) is 0 Å². The molecule has 0 bridgehead atoms.